The average molecular weight is 458 g/mol. The lowest BCUT2D eigenvalue weighted by atomic mass is 10.3. The molecule has 31 heavy (non-hydrogen) atoms. The SMILES string of the molecule is CCn1nc(C)c2nc(SCC(=O)Nc3cccc(F)c3)n(Cc3cccs3)c(=O)c21. The summed E-state index contributed by atoms with van der Waals surface area (Å²) in [7, 11) is 0. The zero-order valence-electron chi connectivity index (χ0n) is 17.0. The van der Waals surface area contributed by atoms with Gasteiger partial charge in [0.15, 0.2) is 10.7 Å². The number of fused-ring (bicyclic) bond motifs is 1. The number of benzene rings is 1. The van der Waals surface area contributed by atoms with Crippen LogP contribution in [0.3, 0.4) is 0 Å². The van der Waals surface area contributed by atoms with E-state index in [4.69, 9.17) is 0 Å². The summed E-state index contributed by atoms with van der Waals surface area (Å²) in [6, 6.07) is 9.59. The highest BCUT2D eigenvalue weighted by Crippen LogP contribution is 2.22. The van der Waals surface area contributed by atoms with Gasteiger partial charge in [-0.1, -0.05) is 23.9 Å². The van der Waals surface area contributed by atoms with E-state index >= 15 is 0 Å². The van der Waals surface area contributed by atoms with Crippen molar-refractivity contribution in [2.45, 2.75) is 32.1 Å². The lowest BCUT2D eigenvalue weighted by Gasteiger charge is -2.12. The van der Waals surface area contributed by atoms with Crippen molar-refractivity contribution in [3.05, 3.63) is 68.5 Å². The predicted molar refractivity (Wildman–Crippen MR) is 121 cm³/mol. The van der Waals surface area contributed by atoms with Crippen molar-refractivity contribution in [3.8, 4) is 0 Å². The van der Waals surface area contributed by atoms with E-state index in [9.17, 15) is 14.0 Å². The van der Waals surface area contributed by atoms with Gasteiger partial charge in [-0.3, -0.25) is 18.8 Å². The van der Waals surface area contributed by atoms with E-state index < -0.39 is 5.82 Å². The van der Waals surface area contributed by atoms with Crippen LogP contribution in [0.25, 0.3) is 11.0 Å². The van der Waals surface area contributed by atoms with Crippen LogP contribution in [0.1, 0.15) is 17.5 Å². The number of amides is 1. The summed E-state index contributed by atoms with van der Waals surface area (Å²) in [6.45, 7) is 4.66. The fourth-order valence-corrected chi connectivity index (χ4v) is 4.70. The molecule has 0 aliphatic heterocycles. The fraction of sp³-hybridized carbons (Fsp3) is 0.238. The van der Waals surface area contributed by atoms with E-state index in [2.05, 4.69) is 15.4 Å². The van der Waals surface area contributed by atoms with E-state index in [1.165, 1.54) is 30.0 Å². The average Bonchev–Trinajstić information content (AvgIpc) is 3.36. The summed E-state index contributed by atoms with van der Waals surface area (Å²) in [5.41, 5.74) is 1.87. The molecule has 0 spiro atoms. The van der Waals surface area contributed by atoms with Crippen molar-refractivity contribution in [3.63, 3.8) is 0 Å². The third-order valence-electron chi connectivity index (χ3n) is 4.62. The van der Waals surface area contributed by atoms with Crippen molar-refractivity contribution in [1.29, 1.82) is 0 Å². The Morgan fingerprint density at radius 2 is 2.13 bits per heavy atom. The first-order valence-corrected chi connectivity index (χ1v) is 11.5. The van der Waals surface area contributed by atoms with E-state index in [-0.39, 0.29) is 17.2 Å². The number of thioether (sulfide) groups is 1. The quantitative estimate of drug-likeness (QED) is 0.336. The van der Waals surface area contributed by atoms with Gasteiger partial charge < -0.3 is 5.32 Å². The molecule has 1 amide bonds. The summed E-state index contributed by atoms with van der Waals surface area (Å²) >= 11 is 2.72. The zero-order valence-corrected chi connectivity index (χ0v) is 18.6. The maximum absolute atomic E-state index is 13.4. The van der Waals surface area contributed by atoms with E-state index in [1.807, 2.05) is 31.4 Å². The highest BCUT2D eigenvalue weighted by atomic mass is 32.2. The number of thiophene rings is 1. The van der Waals surface area contributed by atoms with Crippen molar-refractivity contribution in [2.75, 3.05) is 11.1 Å². The summed E-state index contributed by atoms with van der Waals surface area (Å²) in [6.07, 6.45) is 0. The number of carbonyl (C=O) groups excluding carboxylic acids is 1. The van der Waals surface area contributed by atoms with Crippen LogP contribution in [-0.2, 0) is 17.9 Å². The van der Waals surface area contributed by atoms with Gasteiger partial charge in [-0.05, 0) is 43.5 Å². The Kier molecular flexibility index (Phi) is 6.19. The Hall–Kier alpha value is -2.98. The summed E-state index contributed by atoms with van der Waals surface area (Å²) in [5.74, 6) is -0.709. The molecule has 3 heterocycles. The largest absolute Gasteiger partial charge is 0.325 e. The molecule has 0 atom stereocenters. The number of aromatic nitrogens is 4. The Labute approximate surface area is 185 Å². The molecular formula is C21H20FN5O2S2. The van der Waals surface area contributed by atoms with Crippen LogP contribution >= 0.6 is 23.1 Å². The second-order valence-corrected chi connectivity index (χ2v) is 8.79. The number of hydrogen-bond acceptors (Lipinski definition) is 6. The minimum Gasteiger partial charge on any atom is -0.325 e. The number of nitrogens with zero attached hydrogens (tertiary/aromatic N) is 4. The number of halogens is 1. The molecule has 0 aliphatic rings. The predicted octanol–water partition coefficient (Wildman–Crippen LogP) is 3.90. The third kappa shape index (κ3) is 4.54. The summed E-state index contributed by atoms with van der Waals surface area (Å²) in [5, 5.41) is 9.49. The molecule has 160 valence electrons. The molecule has 0 saturated heterocycles. The molecule has 0 radical (unpaired) electrons. The van der Waals surface area contributed by atoms with Gasteiger partial charge in [-0.2, -0.15) is 5.10 Å². The normalized spacial score (nSPS) is 11.2. The molecule has 4 aromatic rings. The number of carbonyl (C=O) groups is 1. The van der Waals surface area contributed by atoms with Crippen LogP contribution in [0, 0.1) is 12.7 Å². The monoisotopic (exact) mass is 457 g/mol. The number of rotatable bonds is 7. The van der Waals surface area contributed by atoms with Gasteiger partial charge >= 0.3 is 0 Å². The first-order chi connectivity index (χ1) is 15.0. The number of anilines is 1. The van der Waals surface area contributed by atoms with E-state index in [1.54, 1.807) is 26.7 Å². The van der Waals surface area contributed by atoms with Crippen molar-refractivity contribution >= 4 is 45.7 Å². The molecule has 7 nitrogen and oxygen atoms in total. The van der Waals surface area contributed by atoms with Crippen molar-refractivity contribution in [2.24, 2.45) is 0 Å². The lowest BCUT2D eigenvalue weighted by Crippen LogP contribution is -2.26. The minimum atomic E-state index is -0.425. The van der Waals surface area contributed by atoms with Gasteiger partial charge in [0, 0.05) is 17.1 Å². The van der Waals surface area contributed by atoms with E-state index in [0.29, 0.717) is 40.7 Å². The molecule has 1 aromatic carbocycles. The molecule has 0 aliphatic carbocycles. The molecule has 3 aromatic heterocycles. The lowest BCUT2D eigenvalue weighted by molar-refractivity contribution is -0.113. The fourth-order valence-electron chi connectivity index (χ4n) is 3.22. The van der Waals surface area contributed by atoms with Gasteiger partial charge in [0.25, 0.3) is 5.56 Å². The van der Waals surface area contributed by atoms with Crippen LogP contribution in [0.15, 0.2) is 51.7 Å². The van der Waals surface area contributed by atoms with Crippen molar-refractivity contribution < 1.29 is 9.18 Å². The molecule has 1 N–H and O–H groups in total. The second-order valence-electron chi connectivity index (χ2n) is 6.81. The Morgan fingerprint density at radius 1 is 1.29 bits per heavy atom. The first-order valence-electron chi connectivity index (χ1n) is 9.64. The van der Waals surface area contributed by atoms with Crippen LogP contribution in [0.5, 0.6) is 0 Å². The Balaban J connectivity index is 1.66. The summed E-state index contributed by atoms with van der Waals surface area (Å²) < 4.78 is 16.6. The van der Waals surface area contributed by atoms with Gasteiger partial charge in [0.1, 0.15) is 11.3 Å². The maximum atomic E-state index is 13.4. The van der Waals surface area contributed by atoms with Gasteiger partial charge in [-0.25, -0.2) is 9.37 Å². The molecule has 4 rings (SSSR count). The second kappa shape index (κ2) is 9.03. The molecular weight excluding hydrogens is 437 g/mol. The first kappa shape index (κ1) is 21.3. The van der Waals surface area contributed by atoms with Crippen LogP contribution in [0.2, 0.25) is 0 Å². The van der Waals surface area contributed by atoms with E-state index in [0.717, 1.165) is 4.88 Å². The number of aryl methyl sites for hydroxylation is 2. The minimum absolute atomic E-state index is 0.0276. The van der Waals surface area contributed by atoms with Crippen LogP contribution < -0.4 is 10.9 Å². The van der Waals surface area contributed by atoms with Gasteiger partial charge in [-0.15, -0.1) is 11.3 Å². The van der Waals surface area contributed by atoms with Gasteiger partial charge in [0.2, 0.25) is 5.91 Å². The molecule has 0 unspecified atom stereocenters. The van der Waals surface area contributed by atoms with Crippen LogP contribution in [-0.4, -0.2) is 31.0 Å². The van der Waals surface area contributed by atoms with Crippen molar-refractivity contribution in [1.82, 2.24) is 19.3 Å². The molecule has 0 fully saturated rings. The molecule has 10 heteroatoms. The topological polar surface area (TPSA) is 81.8 Å². The van der Waals surface area contributed by atoms with Gasteiger partial charge in [0.05, 0.1) is 18.0 Å². The highest BCUT2D eigenvalue weighted by molar-refractivity contribution is 7.99. The third-order valence-corrected chi connectivity index (χ3v) is 6.45. The highest BCUT2D eigenvalue weighted by Gasteiger charge is 2.19. The number of nitrogens with one attached hydrogen (secondary N) is 1. The maximum Gasteiger partial charge on any atom is 0.280 e. The summed E-state index contributed by atoms with van der Waals surface area (Å²) in [4.78, 5) is 31.5. The zero-order chi connectivity index (χ0) is 22.0. The number of hydrogen-bond donors (Lipinski definition) is 1. The Morgan fingerprint density at radius 3 is 2.84 bits per heavy atom. The Bertz CT molecular complexity index is 1300. The van der Waals surface area contributed by atoms with Crippen LogP contribution in [0.4, 0.5) is 10.1 Å². The molecule has 0 bridgehead atoms. The standard InChI is InChI=1S/C21H20FN5O2S2/c1-3-27-19-18(13(2)25-27)24-21(26(20(19)29)11-16-8-5-9-30-16)31-12-17(28)23-15-7-4-6-14(22)10-15/h4-10H,3,11-12H2,1-2H3,(H,23,28). The smallest absolute Gasteiger partial charge is 0.280 e. The molecule has 0 saturated carbocycles.